The molecular formula is C9H20NO8S2+. The van der Waals surface area contributed by atoms with Gasteiger partial charge in [0.05, 0.1) is 40.1 Å². The van der Waals surface area contributed by atoms with Crippen LogP contribution in [0.4, 0.5) is 0 Å². The SMILES string of the molecule is C[N+](C)(C)C[C@@H](CC(=O)OS(C)(=O)=O)OOS(C)(=O)=O. The van der Waals surface area contributed by atoms with E-state index in [1.165, 1.54) is 0 Å². The number of nitrogens with zero attached hydrogens (tertiary/aromatic N) is 1. The Morgan fingerprint density at radius 1 is 1.05 bits per heavy atom. The van der Waals surface area contributed by atoms with Crippen LogP contribution in [0.3, 0.4) is 0 Å². The van der Waals surface area contributed by atoms with Crippen molar-refractivity contribution in [3.8, 4) is 0 Å². The lowest BCUT2D eigenvalue weighted by molar-refractivity contribution is -0.874. The summed E-state index contributed by atoms with van der Waals surface area (Å²) in [6.07, 6.45) is 0.0789. The second-order valence-corrected chi connectivity index (χ2v) is 8.45. The third-order valence-corrected chi connectivity index (χ3v) is 2.50. The molecule has 0 aliphatic carbocycles. The molecule has 0 fully saturated rings. The first-order valence-electron chi connectivity index (χ1n) is 5.46. The topological polar surface area (TPSA) is 113 Å². The maximum atomic E-state index is 11.4. The molecule has 0 bridgehead atoms. The maximum Gasteiger partial charge on any atom is 0.325 e. The van der Waals surface area contributed by atoms with Gasteiger partial charge in [0, 0.05) is 0 Å². The average Bonchev–Trinajstić information content (AvgIpc) is 2.06. The highest BCUT2D eigenvalue weighted by atomic mass is 32.2. The zero-order chi connectivity index (χ0) is 16.2. The number of hydrogen-bond donors (Lipinski definition) is 0. The van der Waals surface area contributed by atoms with E-state index in [0.29, 0.717) is 4.48 Å². The predicted octanol–water partition coefficient (Wildman–Crippen LogP) is -1.14. The highest BCUT2D eigenvalue weighted by Gasteiger charge is 2.26. The molecule has 0 aromatic heterocycles. The largest absolute Gasteiger partial charge is 0.346 e. The van der Waals surface area contributed by atoms with Crippen LogP contribution in [0, 0.1) is 0 Å². The van der Waals surface area contributed by atoms with Crippen LogP contribution in [-0.4, -0.2) is 73.6 Å². The molecule has 1 atom stereocenters. The molecule has 0 aromatic rings. The normalized spacial score (nSPS) is 14.8. The zero-order valence-electron chi connectivity index (χ0n) is 12.0. The third kappa shape index (κ3) is 12.3. The summed E-state index contributed by atoms with van der Waals surface area (Å²) < 4.78 is 52.0. The number of hydrogen-bond acceptors (Lipinski definition) is 8. The molecule has 11 heteroatoms. The Balaban J connectivity index is 4.73. The van der Waals surface area contributed by atoms with Gasteiger partial charge < -0.3 is 8.67 Å². The lowest BCUT2D eigenvalue weighted by Gasteiger charge is -2.27. The molecule has 0 amide bonds. The van der Waals surface area contributed by atoms with E-state index in [4.69, 9.17) is 0 Å². The summed E-state index contributed by atoms with van der Waals surface area (Å²) in [5, 5.41) is 0. The van der Waals surface area contributed by atoms with Gasteiger partial charge in [0.25, 0.3) is 10.1 Å². The number of carbonyl (C=O) groups is 1. The Morgan fingerprint density at radius 3 is 1.90 bits per heavy atom. The lowest BCUT2D eigenvalue weighted by atomic mass is 10.2. The molecule has 0 unspecified atom stereocenters. The Morgan fingerprint density at radius 2 is 1.55 bits per heavy atom. The van der Waals surface area contributed by atoms with E-state index in [1.54, 1.807) is 21.1 Å². The molecule has 9 nitrogen and oxygen atoms in total. The Hall–Kier alpha value is -0.750. The van der Waals surface area contributed by atoms with Crippen molar-refractivity contribution in [2.45, 2.75) is 12.5 Å². The van der Waals surface area contributed by atoms with Gasteiger partial charge in [-0.2, -0.15) is 16.8 Å². The van der Waals surface area contributed by atoms with Crippen LogP contribution in [-0.2, 0) is 38.4 Å². The third-order valence-electron chi connectivity index (χ3n) is 1.69. The minimum Gasteiger partial charge on any atom is -0.346 e. The van der Waals surface area contributed by atoms with Gasteiger partial charge in [-0.25, -0.2) is 4.89 Å². The number of rotatable bonds is 8. The molecule has 0 spiro atoms. The maximum absolute atomic E-state index is 11.4. The highest BCUT2D eigenvalue weighted by Crippen LogP contribution is 2.09. The van der Waals surface area contributed by atoms with Gasteiger partial charge >= 0.3 is 16.1 Å². The van der Waals surface area contributed by atoms with Crippen LogP contribution in [0.25, 0.3) is 0 Å². The molecule has 0 aromatic carbocycles. The average molecular weight is 334 g/mol. The summed E-state index contributed by atoms with van der Waals surface area (Å²) in [6, 6.07) is 0. The van der Waals surface area contributed by atoms with Crippen molar-refractivity contribution >= 4 is 26.2 Å². The number of carbonyl (C=O) groups excluding carboxylic acids is 1. The quantitative estimate of drug-likeness (QED) is 0.237. The van der Waals surface area contributed by atoms with Gasteiger partial charge in [0.15, 0.2) is 6.10 Å². The van der Waals surface area contributed by atoms with E-state index in [0.717, 1.165) is 12.5 Å². The van der Waals surface area contributed by atoms with Crippen molar-refractivity contribution in [2.24, 2.45) is 0 Å². The number of likely N-dealkylation sites (N-methyl/N-ethyl adjacent to an activating group) is 1. The molecule has 120 valence electrons. The fourth-order valence-corrected chi connectivity index (χ4v) is 1.92. The molecule has 20 heavy (non-hydrogen) atoms. The summed E-state index contributed by atoms with van der Waals surface area (Å²) in [4.78, 5) is 16.1. The first-order valence-corrected chi connectivity index (χ1v) is 9.09. The van der Waals surface area contributed by atoms with Crippen LogP contribution >= 0.6 is 0 Å². The molecule has 0 saturated carbocycles. The zero-order valence-corrected chi connectivity index (χ0v) is 13.7. The van der Waals surface area contributed by atoms with E-state index in [9.17, 15) is 21.6 Å². The van der Waals surface area contributed by atoms with Crippen molar-refractivity contribution in [3.63, 3.8) is 0 Å². The summed E-state index contributed by atoms with van der Waals surface area (Å²) in [6.45, 7) is 0.203. The van der Waals surface area contributed by atoms with Crippen molar-refractivity contribution < 1.29 is 39.5 Å². The van der Waals surface area contributed by atoms with Crippen LogP contribution in [0.5, 0.6) is 0 Å². The predicted molar refractivity (Wildman–Crippen MR) is 69.3 cm³/mol. The fraction of sp³-hybridized carbons (Fsp3) is 0.889. The fourth-order valence-electron chi connectivity index (χ4n) is 1.26. The first kappa shape index (κ1) is 19.2. The summed E-state index contributed by atoms with van der Waals surface area (Å²) in [5.41, 5.74) is 0. The second kappa shape index (κ2) is 6.80. The molecular weight excluding hydrogens is 314 g/mol. The molecule has 0 rings (SSSR count). The lowest BCUT2D eigenvalue weighted by Crippen LogP contribution is -2.43. The van der Waals surface area contributed by atoms with Crippen LogP contribution < -0.4 is 0 Å². The summed E-state index contributed by atoms with van der Waals surface area (Å²) >= 11 is 0. The minimum absolute atomic E-state index is 0.203. The van der Waals surface area contributed by atoms with E-state index in [2.05, 4.69) is 13.4 Å². The van der Waals surface area contributed by atoms with Crippen molar-refractivity contribution in [1.29, 1.82) is 0 Å². The van der Waals surface area contributed by atoms with Gasteiger partial charge in [-0.3, -0.25) is 4.79 Å². The van der Waals surface area contributed by atoms with Crippen LogP contribution in [0.15, 0.2) is 0 Å². The standard InChI is InChI=1S/C9H20NO8S2/c1-10(2,3)7-8(16-18-20(5,14)15)6-9(11)17-19(4,12)13/h8H,6-7H2,1-5H3/q+1/t8-/m1/s1. The van der Waals surface area contributed by atoms with Crippen LogP contribution in [0.1, 0.15) is 6.42 Å². The van der Waals surface area contributed by atoms with Gasteiger partial charge in [0.1, 0.15) is 6.54 Å². The van der Waals surface area contributed by atoms with E-state index in [-0.39, 0.29) is 6.54 Å². The molecule has 0 aliphatic rings. The van der Waals surface area contributed by atoms with E-state index >= 15 is 0 Å². The van der Waals surface area contributed by atoms with Crippen LogP contribution in [0.2, 0.25) is 0 Å². The molecule has 0 heterocycles. The molecule has 0 aliphatic heterocycles. The van der Waals surface area contributed by atoms with Crippen molar-refractivity contribution in [2.75, 3.05) is 40.2 Å². The second-order valence-electron chi connectivity index (χ2n) is 5.33. The smallest absolute Gasteiger partial charge is 0.325 e. The Labute approximate surface area is 119 Å². The van der Waals surface area contributed by atoms with Gasteiger partial charge in [-0.05, 0) is 0 Å². The van der Waals surface area contributed by atoms with E-state index < -0.39 is 38.7 Å². The first-order chi connectivity index (χ1) is 8.68. The van der Waals surface area contributed by atoms with Gasteiger partial charge in [0.2, 0.25) is 0 Å². The number of quaternary nitrogens is 1. The van der Waals surface area contributed by atoms with Crippen molar-refractivity contribution in [1.82, 2.24) is 0 Å². The monoisotopic (exact) mass is 334 g/mol. The summed E-state index contributed by atoms with van der Waals surface area (Å²) in [5.74, 6) is -1.05. The van der Waals surface area contributed by atoms with Gasteiger partial charge in [-0.15, -0.1) is 4.33 Å². The van der Waals surface area contributed by atoms with E-state index in [1.807, 2.05) is 0 Å². The summed E-state index contributed by atoms with van der Waals surface area (Å²) in [7, 11) is -2.44. The van der Waals surface area contributed by atoms with Crippen molar-refractivity contribution in [3.05, 3.63) is 0 Å². The highest BCUT2D eigenvalue weighted by molar-refractivity contribution is 7.86. The molecule has 0 radical (unpaired) electrons. The molecule has 0 N–H and O–H groups in total. The minimum atomic E-state index is -3.93. The Kier molecular flexibility index (Phi) is 6.55. The molecule has 0 saturated heterocycles. The Bertz CT molecular complexity index is 531. The van der Waals surface area contributed by atoms with Gasteiger partial charge in [-0.1, -0.05) is 0 Å².